The Kier molecular flexibility index (Phi) is 4.12. The normalized spacial score (nSPS) is 19.0. The summed E-state index contributed by atoms with van der Waals surface area (Å²) in [6.45, 7) is 2.52. The molecule has 7 heteroatoms. The largest absolute Gasteiger partial charge is 0.377 e. The van der Waals surface area contributed by atoms with Crippen molar-refractivity contribution < 1.29 is 14.7 Å². The number of hydrogen-bond acceptors (Lipinski definition) is 4. The Morgan fingerprint density at radius 3 is 2.83 bits per heavy atom. The van der Waals surface area contributed by atoms with Crippen LogP contribution in [0.4, 0.5) is 5.69 Å². The van der Waals surface area contributed by atoms with Crippen LogP contribution in [0.25, 0.3) is 0 Å². The van der Waals surface area contributed by atoms with Gasteiger partial charge in [-0.2, -0.15) is 0 Å². The first kappa shape index (κ1) is 15.2. The average Bonchev–Trinajstić information content (AvgIpc) is 3.19. The van der Waals surface area contributed by atoms with Gasteiger partial charge in [0.25, 0.3) is 5.91 Å². The molecule has 120 valence electrons. The number of anilines is 1. The van der Waals surface area contributed by atoms with Crippen molar-refractivity contribution in [2.75, 3.05) is 11.4 Å². The predicted molar refractivity (Wildman–Crippen MR) is 83.6 cm³/mol. The smallest absolute Gasteiger partial charge is 0.255 e. The van der Waals surface area contributed by atoms with E-state index in [0.717, 1.165) is 11.3 Å². The van der Waals surface area contributed by atoms with Crippen molar-refractivity contribution in [1.29, 1.82) is 0 Å². The van der Waals surface area contributed by atoms with Gasteiger partial charge in [-0.3, -0.25) is 9.59 Å². The Morgan fingerprint density at radius 2 is 2.17 bits per heavy atom. The van der Waals surface area contributed by atoms with Gasteiger partial charge in [-0.05, 0) is 25.5 Å². The number of imidazole rings is 1. The first-order valence-electron chi connectivity index (χ1n) is 7.41. The standard InChI is InChI=1S/C16H18N4O3/c1-10-2-4-11(5-3-10)20-7-6-12(16(20)23)19-15(22)14(21)13-8-17-9-18-13/h2-5,8-9,12,14,21H,6-7H2,1H3,(H,17,18)(H,19,22). The molecule has 1 aromatic carbocycles. The molecule has 2 unspecified atom stereocenters. The highest BCUT2D eigenvalue weighted by Gasteiger charge is 2.35. The maximum absolute atomic E-state index is 12.4. The second kappa shape index (κ2) is 6.21. The number of hydrogen-bond donors (Lipinski definition) is 3. The van der Waals surface area contributed by atoms with E-state index in [4.69, 9.17) is 0 Å². The van der Waals surface area contributed by atoms with Gasteiger partial charge in [-0.1, -0.05) is 17.7 Å². The Hall–Kier alpha value is -2.67. The molecule has 2 heterocycles. The number of aromatic amines is 1. The Labute approximate surface area is 133 Å². The van der Waals surface area contributed by atoms with Crippen molar-refractivity contribution in [3.05, 3.63) is 48.0 Å². The third-order valence-corrected chi connectivity index (χ3v) is 3.93. The number of aromatic nitrogens is 2. The first-order chi connectivity index (χ1) is 11.1. The monoisotopic (exact) mass is 314 g/mol. The molecular weight excluding hydrogens is 296 g/mol. The van der Waals surface area contributed by atoms with Crippen molar-refractivity contribution in [2.45, 2.75) is 25.5 Å². The maximum Gasteiger partial charge on any atom is 0.255 e. The van der Waals surface area contributed by atoms with Crippen LogP contribution in [0.3, 0.4) is 0 Å². The van der Waals surface area contributed by atoms with Crippen LogP contribution in [0.5, 0.6) is 0 Å². The number of nitrogens with zero attached hydrogens (tertiary/aromatic N) is 2. The quantitative estimate of drug-likeness (QED) is 0.772. The minimum atomic E-state index is -1.36. The molecule has 1 fully saturated rings. The molecule has 0 radical (unpaired) electrons. The summed E-state index contributed by atoms with van der Waals surface area (Å²) in [6.07, 6.45) is 1.90. The number of nitrogens with one attached hydrogen (secondary N) is 2. The highest BCUT2D eigenvalue weighted by molar-refractivity contribution is 6.01. The topological polar surface area (TPSA) is 98.3 Å². The minimum Gasteiger partial charge on any atom is -0.377 e. The third-order valence-electron chi connectivity index (χ3n) is 3.93. The number of carbonyl (C=O) groups is 2. The Bertz CT molecular complexity index is 697. The fourth-order valence-electron chi connectivity index (χ4n) is 2.60. The molecule has 0 bridgehead atoms. The average molecular weight is 314 g/mol. The molecule has 23 heavy (non-hydrogen) atoms. The molecule has 1 aliphatic heterocycles. The molecule has 3 rings (SSSR count). The van der Waals surface area contributed by atoms with Crippen LogP contribution in [-0.4, -0.2) is 39.5 Å². The fourth-order valence-corrected chi connectivity index (χ4v) is 2.60. The van der Waals surface area contributed by atoms with Crippen LogP contribution >= 0.6 is 0 Å². The molecule has 2 amide bonds. The predicted octanol–water partition coefficient (Wildman–Crippen LogP) is 0.673. The zero-order chi connectivity index (χ0) is 16.4. The number of rotatable bonds is 4. The van der Waals surface area contributed by atoms with E-state index in [1.165, 1.54) is 12.5 Å². The van der Waals surface area contributed by atoms with Gasteiger partial charge in [0.15, 0.2) is 6.10 Å². The zero-order valence-corrected chi connectivity index (χ0v) is 12.7. The van der Waals surface area contributed by atoms with E-state index in [9.17, 15) is 14.7 Å². The molecule has 2 atom stereocenters. The van der Waals surface area contributed by atoms with Crippen LogP contribution in [0.15, 0.2) is 36.8 Å². The van der Waals surface area contributed by atoms with Crippen LogP contribution in [0.1, 0.15) is 23.8 Å². The summed E-state index contributed by atoms with van der Waals surface area (Å²) in [7, 11) is 0. The van der Waals surface area contributed by atoms with Crippen molar-refractivity contribution in [1.82, 2.24) is 15.3 Å². The van der Waals surface area contributed by atoms with Crippen LogP contribution in [0.2, 0.25) is 0 Å². The summed E-state index contributed by atoms with van der Waals surface area (Å²) in [4.78, 5) is 32.6. The van der Waals surface area contributed by atoms with E-state index in [0.29, 0.717) is 18.7 Å². The molecule has 0 spiro atoms. The third kappa shape index (κ3) is 3.09. The van der Waals surface area contributed by atoms with Crippen LogP contribution in [0, 0.1) is 6.92 Å². The molecule has 3 N–H and O–H groups in total. The van der Waals surface area contributed by atoms with Crippen LogP contribution in [-0.2, 0) is 9.59 Å². The summed E-state index contributed by atoms with van der Waals surface area (Å²) < 4.78 is 0. The molecule has 7 nitrogen and oxygen atoms in total. The molecule has 0 aliphatic carbocycles. The fraction of sp³-hybridized carbons (Fsp3) is 0.312. The molecule has 1 aromatic heterocycles. The van der Waals surface area contributed by atoms with Gasteiger partial charge < -0.3 is 20.3 Å². The van der Waals surface area contributed by atoms with Gasteiger partial charge in [0.05, 0.1) is 18.2 Å². The van der Waals surface area contributed by atoms with Gasteiger partial charge in [0.2, 0.25) is 5.91 Å². The van der Waals surface area contributed by atoms with Gasteiger partial charge in [0, 0.05) is 12.2 Å². The minimum absolute atomic E-state index is 0.168. The van der Waals surface area contributed by atoms with Gasteiger partial charge >= 0.3 is 0 Å². The second-order valence-corrected chi connectivity index (χ2v) is 5.58. The van der Waals surface area contributed by atoms with Crippen molar-refractivity contribution in [3.8, 4) is 0 Å². The number of aliphatic hydroxyl groups excluding tert-OH is 1. The van der Waals surface area contributed by atoms with E-state index in [2.05, 4.69) is 15.3 Å². The summed E-state index contributed by atoms with van der Waals surface area (Å²) in [5.41, 5.74) is 2.22. The van der Waals surface area contributed by atoms with Gasteiger partial charge in [-0.25, -0.2) is 4.98 Å². The SMILES string of the molecule is Cc1ccc(N2CCC(NC(=O)C(O)c3cnc[nH]3)C2=O)cc1. The van der Waals surface area contributed by atoms with E-state index < -0.39 is 18.1 Å². The lowest BCUT2D eigenvalue weighted by Crippen LogP contribution is -2.43. The van der Waals surface area contributed by atoms with E-state index in [-0.39, 0.29) is 5.91 Å². The first-order valence-corrected chi connectivity index (χ1v) is 7.41. The summed E-state index contributed by atoms with van der Waals surface area (Å²) in [5, 5.41) is 12.5. The number of carbonyl (C=O) groups excluding carboxylic acids is 2. The lowest BCUT2D eigenvalue weighted by atomic mass is 10.2. The maximum atomic E-state index is 12.4. The number of aliphatic hydroxyl groups is 1. The zero-order valence-electron chi connectivity index (χ0n) is 12.7. The van der Waals surface area contributed by atoms with E-state index >= 15 is 0 Å². The van der Waals surface area contributed by atoms with Crippen molar-refractivity contribution in [3.63, 3.8) is 0 Å². The number of aryl methyl sites for hydroxylation is 1. The van der Waals surface area contributed by atoms with E-state index in [1.807, 2.05) is 31.2 Å². The Morgan fingerprint density at radius 1 is 1.43 bits per heavy atom. The number of H-pyrrole nitrogens is 1. The molecule has 1 saturated heterocycles. The molecular formula is C16H18N4O3. The summed E-state index contributed by atoms with van der Waals surface area (Å²) in [5.74, 6) is -0.780. The lowest BCUT2D eigenvalue weighted by molar-refractivity contribution is -0.133. The number of benzene rings is 1. The summed E-state index contributed by atoms with van der Waals surface area (Å²) in [6, 6.07) is 7.03. The van der Waals surface area contributed by atoms with Crippen molar-refractivity contribution >= 4 is 17.5 Å². The second-order valence-electron chi connectivity index (χ2n) is 5.58. The highest BCUT2D eigenvalue weighted by Crippen LogP contribution is 2.22. The van der Waals surface area contributed by atoms with Crippen LogP contribution < -0.4 is 10.2 Å². The summed E-state index contributed by atoms with van der Waals surface area (Å²) >= 11 is 0. The van der Waals surface area contributed by atoms with Gasteiger partial charge in [-0.15, -0.1) is 0 Å². The number of amides is 2. The van der Waals surface area contributed by atoms with Gasteiger partial charge in [0.1, 0.15) is 6.04 Å². The lowest BCUT2D eigenvalue weighted by Gasteiger charge is -2.18. The Balaban J connectivity index is 1.65. The molecule has 1 aliphatic rings. The van der Waals surface area contributed by atoms with Crippen molar-refractivity contribution in [2.24, 2.45) is 0 Å². The highest BCUT2D eigenvalue weighted by atomic mass is 16.3. The van der Waals surface area contributed by atoms with E-state index in [1.54, 1.807) is 4.90 Å². The molecule has 2 aromatic rings. The molecule has 0 saturated carbocycles.